The molecular formula is C26H15ClF4N4O3. The number of benzene rings is 3. The number of rotatable bonds is 5. The fraction of sp³-hybridized carbons (Fsp3) is 0.0769. The highest BCUT2D eigenvalue weighted by Gasteiger charge is 2.35. The SMILES string of the molecule is O=C(O)c1ccc(Nc2ncc3c(n2)-c2ccc(Cl)cc2C(c2cccc(F)c2OC(F)(F)F)=NC3)cc1. The van der Waals surface area contributed by atoms with E-state index >= 15 is 0 Å². The third kappa shape index (κ3) is 5.14. The first-order valence-corrected chi connectivity index (χ1v) is 11.3. The zero-order valence-electron chi connectivity index (χ0n) is 19.1. The number of carboxylic acids is 1. The van der Waals surface area contributed by atoms with Crippen LogP contribution in [0.3, 0.4) is 0 Å². The molecule has 0 spiro atoms. The smallest absolute Gasteiger partial charge is 0.478 e. The van der Waals surface area contributed by atoms with Crippen LogP contribution in [0.15, 0.2) is 71.9 Å². The number of para-hydroxylation sites is 1. The minimum atomic E-state index is -5.13. The van der Waals surface area contributed by atoms with Gasteiger partial charge in [0.1, 0.15) is 0 Å². The molecule has 0 saturated heterocycles. The second kappa shape index (κ2) is 9.75. The molecule has 0 atom stereocenters. The molecule has 7 nitrogen and oxygen atoms in total. The molecule has 1 aliphatic rings. The van der Waals surface area contributed by atoms with Gasteiger partial charge in [0.2, 0.25) is 5.95 Å². The molecule has 0 aliphatic carbocycles. The van der Waals surface area contributed by atoms with Gasteiger partial charge in [0.25, 0.3) is 0 Å². The third-order valence-electron chi connectivity index (χ3n) is 5.59. The molecule has 1 aliphatic heterocycles. The molecule has 0 radical (unpaired) electrons. The lowest BCUT2D eigenvalue weighted by Crippen LogP contribution is -2.20. The summed E-state index contributed by atoms with van der Waals surface area (Å²) >= 11 is 6.23. The molecule has 0 bridgehead atoms. The summed E-state index contributed by atoms with van der Waals surface area (Å²) in [7, 11) is 0. The molecule has 1 aromatic heterocycles. The number of fused-ring (bicyclic) bond motifs is 3. The summed E-state index contributed by atoms with van der Waals surface area (Å²) in [6.45, 7) is -0.0213. The zero-order chi connectivity index (χ0) is 27.0. The molecule has 0 unspecified atom stereocenters. The summed E-state index contributed by atoms with van der Waals surface area (Å²) in [5.74, 6) is -3.09. The van der Waals surface area contributed by atoms with Crippen LogP contribution in [0.2, 0.25) is 5.02 Å². The van der Waals surface area contributed by atoms with Crippen LogP contribution >= 0.6 is 11.6 Å². The monoisotopic (exact) mass is 542 g/mol. The Hall–Kier alpha value is -4.51. The number of aromatic nitrogens is 2. The van der Waals surface area contributed by atoms with Crippen LogP contribution in [0.5, 0.6) is 5.75 Å². The van der Waals surface area contributed by atoms with Crippen LogP contribution in [0, 0.1) is 5.82 Å². The molecule has 0 amide bonds. The quantitative estimate of drug-likeness (QED) is 0.275. The van der Waals surface area contributed by atoms with Gasteiger partial charge in [0.15, 0.2) is 11.6 Å². The second-order valence-electron chi connectivity index (χ2n) is 8.09. The molecule has 38 heavy (non-hydrogen) atoms. The van der Waals surface area contributed by atoms with Crippen LogP contribution in [0.1, 0.15) is 27.0 Å². The van der Waals surface area contributed by atoms with E-state index in [2.05, 4.69) is 25.0 Å². The van der Waals surface area contributed by atoms with E-state index in [1.165, 1.54) is 36.5 Å². The molecule has 4 aromatic rings. The Bertz CT molecular complexity index is 1590. The fourth-order valence-corrected chi connectivity index (χ4v) is 4.13. The van der Waals surface area contributed by atoms with Crippen molar-refractivity contribution in [2.24, 2.45) is 4.99 Å². The third-order valence-corrected chi connectivity index (χ3v) is 5.83. The van der Waals surface area contributed by atoms with E-state index in [0.717, 1.165) is 6.07 Å². The second-order valence-corrected chi connectivity index (χ2v) is 8.53. The Morgan fingerprint density at radius 3 is 2.50 bits per heavy atom. The summed E-state index contributed by atoms with van der Waals surface area (Å²) in [4.78, 5) is 24.4. The number of halogens is 5. The van der Waals surface area contributed by atoms with E-state index in [4.69, 9.17) is 16.7 Å². The van der Waals surface area contributed by atoms with Crippen molar-refractivity contribution in [1.29, 1.82) is 0 Å². The summed E-state index contributed by atoms with van der Waals surface area (Å²) in [6.07, 6.45) is -3.61. The van der Waals surface area contributed by atoms with Gasteiger partial charge in [-0.15, -0.1) is 13.2 Å². The summed E-state index contributed by atoms with van der Waals surface area (Å²) in [5, 5.41) is 12.4. The highest BCUT2D eigenvalue weighted by molar-refractivity contribution is 6.31. The Labute approximate surface area is 217 Å². The number of aliphatic imine (C=N–C) groups is 1. The van der Waals surface area contributed by atoms with Gasteiger partial charge in [-0.2, -0.15) is 0 Å². The Morgan fingerprint density at radius 1 is 1.03 bits per heavy atom. The first kappa shape index (κ1) is 25.2. The largest absolute Gasteiger partial charge is 0.573 e. The van der Waals surface area contributed by atoms with Crippen LogP contribution in [-0.2, 0) is 6.54 Å². The van der Waals surface area contributed by atoms with Crippen LogP contribution in [0.25, 0.3) is 11.3 Å². The van der Waals surface area contributed by atoms with E-state index in [1.807, 2.05) is 0 Å². The lowest BCUT2D eigenvalue weighted by molar-refractivity contribution is -0.275. The van der Waals surface area contributed by atoms with E-state index < -0.39 is 23.9 Å². The van der Waals surface area contributed by atoms with Crippen molar-refractivity contribution >= 4 is 34.9 Å². The number of alkyl halides is 3. The van der Waals surface area contributed by atoms with Gasteiger partial charge < -0.3 is 15.2 Å². The summed E-state index contributed by atoms with van der Waals surface area (Å²) in [5.41, 5.74) is 2.28. The number of anilines is 2. The van der Waals surface area contributed by atoms with E-state index in [9.17, 15) is 22.4 Å². The van der Waals surface area contributed by atoms with Crippen LogP contribution in [0.4, 0.5) is 29.2 Å². The van der Waals surface area contributed by atoms with E-state index in [0.29, 0.717) is 28.1 Å². The van der Waals surface area contributed by atoms with Gasteiger partial charge in [-0.1, -0.05) is 23.7 Å². The maximum absolute atomic E-state index is 14.5. The van der Waals surface area contributed by atoms with Gasteiger partial charge in [-0.3, -0.25) is 4.99 Å². The molecule has 12 heteroatoms. The van der Waals surface area contributed by atoms with Crippen molar-refractivity contribution in [2.45, 2.75) is 12.9 Å². The van der Waals surface area contributed by atoms with Crippen LogP contribution < -0.4 is 10.1 Å². The maximum atomic E-state index is 14.5. The molecule has 2 N–H and O–H groups in total. The van der Waals surface area contributed by atoms with E-state index in [-0.39, 0.29) is 34.4 Å². The van der Waals surface area contributed by atoms with Gasteiger partial charge in [0.05, 0.1) is 23.5 Å². The Morgan fingerprint density at radius 2 is 1.79 bits per heavy atom. The number of hydrogen-bond donors (Lipinski definition) is 2. The highest BCUT2D eigenvalue weighted by Crippen LogP contribution is 2.37. The van der Waals surface area contributed by atoms with Crippen molar-refractivity contribution in [3.63, 3.8) is 0 Å². The van der Waals surface area contributed by atoms with Gasteiger partial charge >= 0.3 is 12.3 Å². The van der Waals surface area contributed by atoms with Crippen molar-refractivity contribution in [3.05, 3.63) is 100.0 Å². The molecule has 192 valence electrons. The predicted molar refractivity (Wildman–Crippen MR) is 132 cm³/mol. The molecule has 0 fully saturated rings. The minimum Gasteiger partial charge on any atom is -0.478 e. The zero-order valence-corrected chi connectivity index (χ0v) is 19.8. The average molecular weight is 543 g/mol. The first-order valence-electron chi connectivity index (χ1n) is 10.9. The number of ether oxygens (including phenoxy) is 1. The normalized spacial score (nSPS) is 12.6. The lowest BCUT2D eigenvalue weighted by Gasteiger charge is -2.17. The average Bonchev–Trinajstić information content (AvgIpc) is 3.01. The van der Waals surface area contributed by atoms with Gasteiger partial charge in [-0.05, 0) is 48.5 Å². The molecule has 5 rings (SSSR count). The topological polar surface area (TPSA) is 96.7 Å². The maximum Gasteiger partial charge on any atom is 0.573 e. The first-order chi connectivity index (χ1) is 18.1. The number of hydrogen-bond acceptors (Lipinski definition) is 6. The molecule has 0 saturated carbocycles. The minimum absolute atomic E-state index is 0.0213. The molecule has 2 heterocycles. The van der Waals surface area contributed by atoms with Crippen LogP contribution in [-0.4, -0.2) is 33.1 Å². The Kier molecular flexibility index (Phi) is 6.45. The number of carboxylic acid groups (broad SMARTS) is 1. The van der Waals surface area contributed by atoms with Crippen molar-refractivity contribution in [2.75, 3.05) is 5.32 Å². The van der Waals surface area contributed by atoms with Crippen molar-refractivity contribution in [3.8, 4) is 17.0 Å². The number of nitrogens with one attached hydrogen (secondary N) is 1. The summed E-state index contributed by atoms with van der Waals surface area (Å²) in [6, 6.07) is 14.1. The Balaban J connectivity index is 1.59. The molecule has 3 aromatic carbocycles. The van der Waals surface area contributed by atoms with Gasteiger partial charge in [0, 0.05) is 39.2 Å². The summed E-state index contributed by atoms with van der Waals surface area (Å²) < 4.78 is 57.9. The fourth-order valence-electron chi connectivity index (χ4n) is 3.95. The lowest BCUT2D eigenvalue weighted by atomic mass is 9.95. The van der Waals surface area contributed by atoms with Crippen molar-refractivity contribution in [1.82, 2.24) is 9.97 Å². The molecular weight excluding hydrogens is 528 g/mol. The number of carbonyl (C=O) groups is 1. The van der Waals surface area contributed by atoms with Crippen molar-refractivity contribution < 1.29 is 32.2 Å². The number of aromatic carboxylic acids is 1. The highest BCUT2D eigenvalue weighted by atomic mass is 35.5. The standard InChI is InChI=1S/C26H15ClF4N4O3/c27-15-6-9-17-19(10-15)22(18-2-1-3-20(28)23(18)38-26(29,30)31)32-11-14-12-33-25(35-21(14)17)34-16-7-4-13(5-8-16)24(36)37/h1-10,12H,11H2,(H,36,37)(H,33,34,35). The predicted octanol–water partition coefficient (Wildman–Crippen LogP) is 6.63. The number of nitrogens with zero attached hydrogens (tertiary/aromatic N) is 3. The van der Waals surface area contributed by atoms with E-state index in [1.54, 1.807) is 24.3 Å². The van der Waals surface area contributed by atoms with Gasteiger partial charge in [-0.25, -0.2) is 19.2 Å².